The molecule has 0 spiro atoms. The zero-order valence-corrected chi connectivity index (χ0v) is 66.9. The Balaban J connectivity index is -0.000000913. The molecule has 88 heavy (non-hydrogen) atoms. The van der Waals surface area contributed by atoms with Crippen molar-refractivity contribution < 1.29 is 0 Å². The normalized spacial score (nSPS) is 20.4. The van der Waals surface area contributed by atoms with E-state index in [0.29, 0.717) is 0 Å². The first-order chi connectivity index (χ1) is 42.2. The summed E-state index contributed by atoms with van der Waals surface area (Å²) in [6, 6.07) is 0. The highest BCUT2D eigenvalue weighted by molar-refractivity contribution is 4.77. The highest BCUT2D eigenvalue weighted by Gasteiger charge is 2.28. The molecule has 5 unspecified atom stereocenters. The van der Waals surface area contributed by atoms with E-state index >= 15 is 0 Å². The minimum atomic E-state index is 0.812. The van der Waals surface area contributed by atoms with E-state index in [1.54, 1.807) is 0 Å². The monoisotopic (exact) mass is 1240 g/mol. The third-order valence-corrected chi connectivity index (χ3v) is 24.2. The van der Waals surface area contributed by atoms with E-state index < -0.39 is 0 Å². The molecule has 0 saturated heterocycles. The van der Waals surface area contributed by atoms with E-state index in [2.05, 4.69) is 166 Å². The summed E-state index contributed by atoms with van der Waals surface area (Å²) in [6.07, 6.45) is 67.6. The average molecular weight is 1240 g/mol. The van der Waals surface area contributed by atoms with Crippen LogP contribution in [0, 0.1) is 107 Å². The number of hydrogen-bond acceptors (Lipinski definition) is 0. The van der Waals surface area contributed by atoms with Crippen LogP contribution in [0.2, 0.25) is 0 Å². The molecule has 5 atom stereocenters. The third kappa shape index (κ3) is 55.3. The van der Waals surface area contributed by atoms with Crippen molar-refractivity contribution in [2.75, 3.05) is 0 Å². The summed E-state index contributed by atoms with van der Waals surface area (Å²) in [6.45, 7) is 55.8. The summed E-state index contributed by atoms with van der Waals surface area (Å²) in [5.74, 6) is 17.6. The van der Waals surface area contributed by atoms with E-state index in [1.807, 2.05) is 0 Å². The van der Waals surface area contributed by atoms with Gasteiger partial charge in [0.25, 0.3) is 0 Å². The summed E-state index contributed by atoms with van der Waals surface area (Å²) in [7, 11) is 0. The molecular formula is C88H182. The lowest BCUT2D eigenvalue weighted by atomic mass is 9.71. The Labute approximate surface area is 565 Å². The maximum atomic E-state index is 2.44. The smallest absolute Gasteiger partial charge is 0.0371 e. The number of rotatable bonds is 25. The fourth-order valence-corrected chi connectivity index (χ4v) is 15.3. The molecule has 0 aromatic heterocycles. The molecule has 8 fully saturated rings. The predicted molar refractivity (Wildman–Crippen MR) is 411 cm³/mol. The van der Waals surface area contributed by atoms with Gasteiger partial charge in [0.15, 0.2) is 0 Å². The lowest BCUT2D eigenvalue weighted by Crippen LogP contribution is -2.28. The van der Waals surface area contributed by atoms with Gasteiger partial charge in [-0.2, -0.15) is 0 Å². The van der Waals surface area contributed by atoms with Crippen molar-refractivity contribution in [3.63, 3.8) is 0 Å². The molecule has 0 radical (unpaired) electrons. The van der Waals surface area contributed by atoms with Gasteiger partial charge in [-0.15, -0.1) is 0 Å². The molecule has 8 rings (SSSR count). The molecule has 0 aromatic carbocycles. The molecule has 0 nitrogen and oxygen atoms in total. The van der Waals surface area contributed by atoms with Crippen molar-refractivity contribution in [1.82, 2.24) is 0 Å². The van der Waals surface area contributed by atoms with Crippen molar-refractivity contribution >= 4 is 0 Å². The van der Waals surface area contributed by atoms with Crippen LogP contribution in [-0.2, 0) is 0 Å². The van der Waals surface area contributed by atoms with Crippen LogP contribution in [0.15, 0.2) is 0 Å². The lowest BCUT2D eigenvalue weighted by Gasteiger charge is -2.35. The van der Waals surface area contributed by atoms with E-state index in [1.165, 1.54) is 295 Å². The molecule has 8 saturated carbocycles. The summed E-state index contributed by atoms with van der Waals surface area (Å²) in [5.41, 5.74) is 0. The summed E-state index contributed by atoms with van der Waals surface area (Å²) >= 11 is 0. The van der Waals surface area contributed by atoms with Gasteiger partial charge in [0.1, 0.15) is 0 Å². The topological polar surface area (TPSA) is 0 Å². The van der Waals surface area contributed by atoms with Gasteiger partial charge in [-0.3, -0.25) is 0 Å². The molecule has 534 valence electrons. The molecule has 0 aromatic rings. The van der Waals surface area contributed by atoms with Crippen LogP contribution >= 0.6 is 0 Å². The van der Waals surface area contributed by atoms with Crippen LogP contribution in [-0.4, -0.2) is 0 Å². The van der Waals surface area contributed by atoms with Gasteiger partial charge in [0.05, 0.1) is 0 Å². The fraction of sp³-hybridized carbons (Fsp3) is 1.00. The molecule has 0 heterocycles. The minimum absolute atomic E-state index is 0.812. The molecule has 0 N–H and O–H groups in total. The van der Waals surface area contributed by atoms with Crippen LogP contribution < -0.4 is 0 Å². The fourth-order valence-electron chi connectivity index (χ4n) is 15.3. The summed E-state index contributed by atoms with van der Waals surface area (Å²) in [5, 5.41) is 0. The molecule has 0 bridgehead atoms. The van der Waals surface area contributed by atoms with Gasteiger partial charge in [0.2, 0.25) is 0 Å². The molecule has 8 aliphatic carbocycles. The first kappa shape index (κ1) is 92.2. The highest BCUT2D eigenvalue weighted by atomic mass is 14.3. The van der Waals surface area contributed by atoms with Crippen LogP contribution in [0.4, 0.5) is 0 Å². The first-order valence-electron chi connectivity index (χ1n) is 42.2. The van der Waals surface area contributed by atoms with E-state index in [4.69, 9.17) is 0 Å². The quantitative estimate of drug-likeness (QED) is 0.0855. The maximum absolute atomic E-state index is 2.44. The van der Waals surface area contributed by atoms with Crippen LogP contribution in [0.25, 0.3) is 0 Å². The zero-order chi connectivity index (χ0) is 66.9. The molecular weight excluding hydrogens is 1060 g/mol. The van der Waals surface area contributed by atoms with Crippen LogP contribution in [0.3, 0.4) is 0 Å². The van der Waals surface area contributed by atoms with Gasteiger partial charge < -0.3 is 0 Å². The van der Waals surface area contributed by atoms with E-state index in [-0.39, 0.29) is 0 Å². The Morgan fingerprint density at radius 2 is 0.477 bits per heavy atom. The largest absolute Gasteiger partial charge is 0.0654 e. The lowest BCUT2D eigenvalue weighted by molar-refractivity contribution is 0.143. The second kappa shape index (κ2) is 64.3. The van der Waals surface area contributed by atoms with Crippen molar-refractivity contribution in [2.24, 2.45) is 107 Å². The highest BCUT2D eigenvalue weighted by Crippen LogP contribution is 2.37. The van der Waals surface area contributed by atoms with Gasteiger partial charge in [-0.05, 0) is 107 Å². The maximum Gasteiger partial charge on any atom is -0.0371 e. The SMILES string of the molecule is CCC(C(C)C)C(C)C.CCC(C)C(C)C(C)C(C)C(C)C(C)C.CCC1CC1.CCC1CCC1.CCC1CCCC1.CCC1CCCCC1.CCCC(C)CCC.CCCC1CC1.CCCC1CCC1.CCCC1CCCC1.CCCC1CCCCC1. The van der Waals surface area contributed by atoms with E-state index in [0.717, 1.165) is 107 Å². The van der Waals surface area contributed by atoms with Crippen LogP contribution in [0.1, 0.15) is 462 Å². The Morgan fingerprint density at radius 3 is 0.636 bits per heavy atom. The van der Waals surface area contributed by atoms with Crippen molar-refractivity contribution in [2.45, 2.75) is 462 Å². The molecule has 0 aliphatic heterocycles. The van der Waals surface area contributed by atoms with Crippen molar-refractivity contribution in [3.05, 3.63) is 0 Å². The first-order valence-corrected chi connectivity index (χ1v) is 42.2. The second-order valence-electron chi connectivity index (χ2n) is 32.9. The van der Waals surface area contributed by atoms with Crippen molar-refractivity contribution in [3.8, 4) is 0 Å². The third-order valence-electron chi connectivity index (χ3n) is 24.2. The average Bonchev–Trinajstić information content (AvgIpc) is 4.58. The Bertz CT molecular complexity index is 1260. The van der Waals surface area contributed by atoms with Gasteiger partial charge in [0, 0.05) is 0 Å². The van der Waals surface area contributed by atoms with E-state index in [9.17, 15) is 0 Å². The molecule has 0 amide bonds. The summed E-state index contributed by atoms with van der Waals surface area (Å²) < 4.78 is 0. The van der Waals surface area contributed by atoms with Gasteiger partial charge in [-0.25, -0.2) is 0 Å². The second-order valence-corrected chi connectivity index (χ2v) is 32.9. The molecule has 8 aliphatic rings. The standard InChI is InChI=1S/C15H32.C9H18.C9H20.2C8H16.C8H18.2C7H14.2C6H12.C5H10/c1-9-11(4)13(6)15(8)14(7)12(5)10(2)3;1-2-6-9-7-4-3-5-8-9;1-6-9(7(2)3)8(4)5;1-2-8-6-4-3-5-7-8;1-2-5-8-6-3-4-7-8;1-4-6-8(3)7-5-2;1-2-7-5-3-4-6-7;1-2-4-7-5-3-6-7;1-2-6-4-3-5-6;1-2-3-6-4-5-6;1-2-5-3-4-5/h10-15H,9H2,1-8H3;9H,2-8H2,1H3;7-9H,6H2,1-5H3;2*8H,2-7H2,1H3;8H,4-7H2,1-3H3;2*7H,2-6H2,1H3;2*6H,2-5H2,1H3;5H,2-4H2,1H3. The van der Waals surface area contributed by atoms with Gasteiger partial charge >= 0.3 is 0 Å². The summed E-state index contributed by atoms with van der Waals surface area (Å²) in [4.78, 5) is 0. The Hall–Kier alpha value is 0. The predicted octanol–water partition coefficient (Wildman–Crippen LogP) is 32.5. The van der Waals surface area contributed by atoms with Crippen molar-refractivity contribution in [1.29, 1.82) is 0 Å². The zero-order valence-electron chi connectivity index (χ0n) is 66.9. The Kier molecular flexibility index (Phi) is 67.4. The van der Waals surface area contributed by atoms with Gasteiger partial charge in [-0.1, -0.05) is 462 Å². The minimum Gasteiger partial charge on any atom is -0.0654 e. The number of hydrogen-bond donors (Lipinski definition) is 0. The molecule has 0 heteroatoms. The Morgan fingerprint density at radius 1 is 0.227 bits per heavy atom. The van der Waals surface area contributed by atoms with Crippen LogP contribution in [0.5, 0.6) is 0 Å².